The van der Waals surface area contributed by atoms with E-state index in [-0.39, 0.29) is 11.5 Å². The zero-order valence-corrected chi connectivity index (χ0v) is 19.1. The van der Waals surface area contributed by atoms with Crippen molar-refractivity contribution in [3.8, 4) is 5.75 Å². The zero-order valence-electron chi connectivity index (χ0n) is 17.5. The minimum absolute atomic E-state index is 0.134. The number of aryl methyl sites for hydroxylation is 1. The molecule has 0 bridgehead atoms. The molecule has 3 aromatic rings. The van der Waals surface area contributed by atoms with Gasteiger partial charge in [-0.25, -0.2) is 9.79 Å². The van der Waals surface area contributed by atoms with Gasteiger partial charge in [-0.2, -0.15) is 0 Å². The third-order valence-electron chi connectivity index (χ3n) is 4.88. The molecule has 0 aromatic heterocycles. The molecule has 4 rings (SSSR count). The van der Waals surface area contributed by atoms with E-state index in [0.717, 1.165) is 16.7 Å². The van der Waals surface area contributed by atoms with Crippen molar-refractivity contribution in [3.63, 3.8) is 0 Å². The lowest BCUT2D eigenvalue weighted by Crippen LogP contribution is -2.19. The predicted octanol–water partition coefficient (Wildman–Crippen LogP) is 5.82. The molecule has 166 valence electrons. The lowest BCUT2D eigenvalue weighted by molar-refractivity contribution is -0.115. The zero-order chi connectivity index (χ0) is 23.4. The summed E-state index contributed by atoms with van der Waals surface area (Å²) in [5.41, 5.74) is 3.03. The highest BCUT2D eigenvalue weighted by molar-refractivity contribution is 8.18. The molecule has 1 aliphatic heterocycles. The quantitative estimate of drug-likeness (QED) is 0.436. The number of carboxylic acids is 1. The van der Waals surface area contributed by atoms with Gasteiger partial charge < -0.3 is 15.2 Å². The van der Waals surface area contributed by atoms with Crippen LogP contribution in [0.25, 0.3) is 6.08 Å². The number of nitrogens with zero attached hydrogens (tertiary/aromatic N) is 1. The van der Waals surface area contributed by atoms with Gasteiger partial charge in [-0.15, -0.1) is 0 Å². The Hall–Kier alpha value is -3.55. The van der Waals surface area contributed by atoms with Gasteiger partial charge in [0.2, 0.25) is 0 Å². The summed E-state index contributed by atoms with van der Waals surface area (Å²) in [6, 6.07) is 19.6. The standard InChI is InChI=1S/C25H19ClN2O4S/c1-15-10-11-17(24(30)31)12-20(15)27-25-28-23(29)22(33-25)13-16-6-3-5-9-21(16)32-14-18-7-2-4-8-19(18)26/h2-13H,14H2,1H3,(H,30,31)(H,27,28,29). The van der Waals surface area contributed by atoms with Crippen LogP contribution in [-0.4, -0.2) is 22.2 Å². The third-order valence-corrected chi connectivity index (χ3v) is 6.15. The van der Waals surface area contributed by atoms with Crippen LogP contribution >= 0.6 is 23.4 Å². The minimum Gasteiger partial charge on any atom is -0.488 e. The van der Waals surface area contributed by atoms with Crippen molar-refractivity contribution in [2.45, 2.75) is 13.5 Å². The highest BCUT2D eigenvalue weighted by atomic mass is 35.5. The Morgan fingerprint density at radius 3 is 2.70 bits per heavy atom. The molecule has 1 fully saturated rings. The first-order valence-corrected chi connectivity index (χ1v) is 11.2. The fourth-order valence-corrected chi connectivity index (χ4v) is 4.11. The number of benzene rings is 3. The van der Waals surface area contributed by atoms with E-state index in [0.29, 0.717) is 33.1 Å². The van der Waals surface area contributed by atoms with Gasteiger partial charge in [-0.1, -0.05) is 54.1 Å². The molecule has 2 N–H and O–H groups in total. The Morgan fingerprint density at radius 2 is 1.91 bits per heavy atom. The molecule has 3 aromatic carbocycles. The second kappa shape index (κ2) is 9.94. The Balaban J connectivity index is 1.56. The molecule has 1 saturated heterocycles. The van der Waals surface area contributed by atoms with E-state index in [1.807, 2.05) is 55.5 Å². The number of amides is 1. The van der Waals surface area contributed by atoms with Crippen LogP contribution in [0.1, 0.15) is 27.0 Å². The maximum Gasteiger partial charge on any atom is 0.335 e. The summed E-state index contributed by atoms with van der Waals surface area (Å²) in [6.07, 6.45) is 1.74. The van der Waals surface area contributed by atoms with Crippen molar-refractivity contribution in [1.29, 1.82) is 0 Å². The molecule has 0 unspecified atom stereocenters. The van der Waals surface area contributed by atoms with Gasteiger partial charge in [0, 0.05) is 16.1 Å². The number of aromatic carboxylic acids is 1. The molecule has 1 amide bonds. The van der Waals surface area contributed by atoms with E-state index in [1.54, 1.807) is 12.1 Å². The van der Waals surface area contributed by atoms with Crippen molar-refractivity contribution >= 4 is 52.2 Å². The van der Waals surface area contributed by atoms with Crippen molar-refractivity contribution < 1.29 is 19.4 Å². The van der Waals surface area contributed by atoms with Crippen molar-refractivity contribution in [1.82, 2.24) is 5.32 Å². The van der Waals surface area contributed by atoms with Gasteiger partial charge in [0.15, 0.2) is 5.17 Å². The third kappa shape index (κ3) is 5.45. The monoisotopic (exact) mass is 478 g/mol. The fourth-order valence-electron chi connectivity index (χ4n) is 3.10. The average Bonchev–Trinajstić information content (AvgIpc) is 3.14. The Bertz CT molecular complexity index is 1300. The number of carboxylic acid groups (broad SMARTS) is 1. The van der Waals surface area contributed by atoms with Crippen molar-refractivity contribution in [2.24, 2.45) is 4.99 Å². The molecule has 0 atom stereocenters. The van der Waals surface area contributed by atoms with Crippen LogP contribution in [0.2, 0.25) is 5.02 Å². The summed E-state index contributed by atoms with van der Waals surface area (Å²) >= 11 is 7.40. The van der Waals surface area contributed by atoms with Crippen LogP contribution in [0.3, 0.4) is 0 Å². The first-order valence-electron chi connectivity index (χ1n) is 9.99. The van der Waals surface area contributed by atoms with Crippen LogP contribution < -0.4 is 10.1 Å². The van der Waals surface area contributed by atoms with Crippen LogP contribution in [0.15, 0.2) is 76.6 Å². The molecule has 0 spiro atoms. The lowest BCUT2D eigenvalue weighted by Gasteiger charge is -2.10. The molecule has 0 aliphatic carbocycles. The van der Waals surface area contributed by atoms with E-state index in [9.17, 15) is 14.7 Å². The molecule has 33 heavy (non-hydrogen) atoms. The summed E-state index contributed by atoms with van der Waals surface area (Å²) < 4.78 is 5.97. The number of thioether (sulfide) groups is 1. The first kappa shape index (κ1) is 22.6. The van der Waals surface area contributed by atoms with Gasteiger partial charge in [0.05, 0.1) is 16.2 Å². The molecular weight excluding hydrogens is 460 g/mol. The number of hydrogen-bond acceptors (Lipinski definition) is 5. The van der Waals surface area contributed by atoms with Crippen LogP contribution in [0, 0.1) is 6.92 Å². The molecule has 0 radical (unpaired) electrons. The first-order chi connectivity index (χ1) is 15.9. The number of ether oxygens (including phenoxy) is 1. The normalized spacial score (nSPS) is 15.6. The van der Waals surface area contributed by atoms with Crippen LogP contribution in [0.5, 0.6) is 5.75 Å². The lowest BCUT2D eigenvalue weighted by atomic mass is 10.1. The number of nitrogens with one attached hydrogen (secondary N) is 1. The van der Waals surface area contributed by atoms with Gasteiger partial charge in [-0.3, -0.25) is 4.79 Å². The highest BCUT2D eigenvalue weighted by Crippen LogP contribution is 2.32. The number of para-hydroxylation sites is 1. The Labute approximate surface area is 200 Å². The molecule has 1 heterocycles. The number of halogens is 1. The number of carbonyl (C=O) groups excluding carboxylic acids is 1. The van der Waals surface area contributed by atoms with Gasteiger partial charge in [0.25, 0.3) is 5.91 Å². The molecule has 1 aliphatic rings. The second-order valence-corrected chi connectivity index (χ2v) is 8.64. The number of amidine groups is 1. The van der Waals surface area contributed by atoms with E-state index in [1.165, 1.54) is 23.9 Å². The summed E-state index contributed by atoms with van der Waals surface area (Å²) in [6.45, 7) is 2.13. The number of hydrogen-bond donors (Lipinski definition) is 2. The summed E-state index contributed by atoms with van der Waals surface area (Å²) in [7, 11) is 0. The predicted molar refractivity (Wildman–Crippen MR) is 131 cm³/mol. The summed E-state index contributed by atoms with van der Waals surface area (Å²) in [4.78, 5) is 28.7. The van der Waals surface area contributed by atoms with Crippen LogP contribution in [0.4, 0.5) is 5.69 Å². The van der Waals surface area contributed by atoms with Crippen molar-refractivity contribution in [3.05, 3.63) is 98.9 Å². The van der Waals surface area contributed by atoms with E-state index < -0.39 is 5.97 Å². The topological polar surface area (TPSA) is 88.0 Å². The van der Waals surface area contributed by atoms with Gasteiger partial charge in [-0.05, 0) is 54.6 Å². The Morgan fingerprint density at radius 1 is 1.15 bits per heavy atom. The fraction of sp³-hybridized carbons (Fsp3) is 0.0800. The molecular formula is C25H19ClN2O4S. The molecule has 6 nitrogen and oxygen atoms in total. The largest absolute Gasteiger partial charge is 0.488 e. The summed E-state index contributed by atoms with van der Waals surface area (Å²) in [5.74, 6) is -0.700. The maximum absolute atomic E-state index is 12.5. The van der Waals surface area contributed by atoms with E-state index >= 15 is 0 Å². The van der Waals surface area contributed by atoms with Gasteiger partial charge in [0.1, 0.15) is 12.4 Å². The highest BCUT2D eigenvalue weighted by Gasteiger charge is 2.24. The Kier molecular flexibility index (Phi) is 6.82. The number of aliphatic imine (C=N–C) groups is 1. The van der Waals surface area contributed by atoms with Crippen LogP contribution in [-0.2, 0) is 11.4 Å². The van der Waals surface area contributed by atoms with Crippen molar-refractivity contribution in [2.75, 3.05) is 0 Å². The van der Waals surface area contributed by atoms with Gasteiger partial charge >= 0.3 is 5.97 Å². The van der Waals surface area contributed by atoms with E-state index in [2.05, 4.69) is 10.3 Å². The SMILES string of the molecule is Cc1ccc(C(=O)O)cc1N=C1NC(=O)C(=Cc2ccccc2OCc2ccccc2Cl)S1. The molecule has 8 heteroatoms. The summed E-state index contributed by atoms with van der Waals surface area (Å²) in [5, 5.41) is 13.0. The second-order valence-electron chi connectivity index (χ2n) is 7.21. The molecule has 0 saturated carbocycles. The number of rotatable bonds is 6. The van der Waals surface area contributed by atoms with E-state index in [4.69, 9.17) is 16.3 Å². The average molecular weight is 479 g/mol. The smallest absolute Gasteiger partial charge is 0.335 e. The number of carbonyl (C=O) groups is 2. The minimum atomic E-state index is -1.03. The maximum atomic E-state index is 12.5.